The number of allylic oxidation sites excluding steroid dienone is 1. The van der Waals surface area contributed by atoms with Crippen LogP contribution in [0.5, 0.6) is 0 Å². The lowest BCUT2D eigenvalue weighted by molar-refractivity contribution is 0.409. The molecule has 0 radical (unpaired) electrons. The van der Waals surface area contributed by atoms with Crippen LogP contribution in [0.3, 0.4) is 0 Å². The summed E-state index contributed by atoms with van der Waals surface area (Å²) in [7, 11) is 0. The summed E-state index contributed by atoms with van der Waals surface area (Å²) in [4.78, 5) is 6.23. The van der Waals surface area contributed by atoms with Gasteiger partial charge in [-0.2, -0.15) is 10.2 Å². The van der Waals surface area contributed by atoms with Gasteiger partial charge in [0.25, 0.3) is 5.89 Å². The molecule has 0 saturated carbocycles. The molecule has 0 saturated heterocycles. The summed E-state index contributed by atoms with van der Waals surface area (Å²) in [5.41, 5.74) is 1.51. The lowest BCUT2D eigenvalue weighted by atomic mass is 10.2. The third-order valence-corrected chi connectivity index (χ3v) is 4.53. The largest absolute Gasteiger partial charge is 0.333 e. The van der Waals surface area contributed by atoms with E-state index in [4.69, 9.17) is 4.52 Å². The van der Waals surface area contributed by atoms with Crippen molar-refractivity contribution in [2.24, 2.45) is 0 Å². The number of hydrogen-bond acceptors (Lipinski definition) is 6. The fourth-order valence-electron chi connectivity index (χ4n) is 1.64. The average molecular weight is 299 g/mol. The first-order valence-electron chi connectivity index (χ1n) is 5.82. The highest BCUT2D eigenvalue weighted by Crippen LogP contribution is 2.26. The molecule has 0 atom stereocenters. The highest BCUT2D eigenvalue weighted by Gasteiger charge is 2.14. The van der Waals surface area contributed by atoms with E-state index < -0.39 is 0 Å². The van der Waals surface area contributed by atoms with Crippen LogP contribution < -0.4 is 0 Å². The third kappa shape index (κ3) is 2.41. The molecule has 0 bridgehead atoms. The van der Waals surface area contributed by atoms with Gasteiger partial charge < -0.3 is 4.52 Å². The van der Waals surface area contributed by atoms with Crippen molar-refractivity contribution >= 4 is 34.3 Å². The molecular formula is C14H9N3OS2. The molecular weight excluding hydrogens is 290 g/mol. The molecule has 0 aliphatic carbocycles. The standard InChI is InChI=1S/C14H9N3OS2/c1-9-4-6-20-12(9)7-10(8-15)14-16-13(17-18-14)11-3-2-5-19-11/h2-7H,1H3/b10-7-. The molecule has 0 spiro atoms. The van der Waals surface area contributed by atoms with Gasteiger partial charge in [-0.1, -0.05) is 11.2 Å². The maximum absolute atomic E-state index is 9.27. The van der Waals surface area contributed by atoms with Crippen molar-refractivity contribution in [2.75, 3.05) is 0 Å². The Kier molecular flexibility index (Phi) is 3.46. The maximum atomic E-state index is 9.27. The van der Waals surface area contributed by atoms with Gasteiger partial charge in [0.2, 0.25) is 5.82 Å². The maximum Gasteiger partial charge on any atom is 0.268 e. The molecule has 3 aromatic rings. The van der Waals surface area contributed by atoms with Gasteiger partial charge in [-0.25, -0.2) is 0 Å². The minimum Gasteiger partial charge on any atom is -0.333 e. The van der Waals surface area contributed by atoms with Crippen molar-refractivity contribution in [1.82, 2.24) is 10.1 Å². The Balaban J connectivity index is 1.97. The van der Waals surface area contributed by atoms with Gasteiger partial charge in [0.05, 0.1) is 4.88 Å². The van der Waals surface area contributed by atoms with Crippen LogP contribution in [0.1, 0.15) is 16.3 Å². The quantitative estimate of drug-likeness (QED) is 0.679. The van der Waals surface area contributed by atoms with Crippen molar-refractivity contribution in [1.29, 1.82) is 5.26 Å². The van der Waals surface area contributed by atoms with Gasteiger partial charge in [-0.05, 0) is 41.5 Å². The summed E-state index contributed by atoms with van der Waals surface area (Å²) in [6.45, 7) is 2.00. The molecule has 0 aliphatic rings. The molecule has 0 N–H and O–H groups in total. The summed E-state index contributed by atoms with van der Waals surface area (Å²) in [5.74, 6) is 0.766. The van der Waals surface area contributed by atoms with E-state index in [9.17, 15) is 5.26 Å². The SMILES string of the molecule is Cc1ccsc1/C=C(/C#N)c1nc(-c2cccs2)no1. The summed E-state index contributed by atoms with van der Waals surface area (Å²) in [6.07, 6.45) is 1.78. The number of thiophene rings is 2. The van der Waals surface area contributed by atoms with Crippen LogP contribution in [0.4, 0.5) is 0 Å². The first-order chi connectivity index (χ1) is 9.78. The van der Waals surface area contributed by atoms with Crippen LogP contribution >= 0.6 is 22.7 Å². The molecule has 0 fully saturated rings. The normalized spacial score (nSPS) is 11.5. The fourth-order valence-corrected chi connectivity index (χ4v) is 3.15. The van der Waals surface area contributed by atoms with Crippen molar-refractivity contribution in [3.05, 3.63) is 45.3 Å². The highest BCUT2D eigenvalue weighted by atomic mass is 32.1. The second kappa shape index (κ2) is 5.41. The van der Waals surface area contributed by atoms with Crippen LogP contribution in [0.15, 0.2) is 33.5 Å². The molecule has 3 heterocycles. The summed E-state index contributed by atoms with van der Waals surface area (Å²) < 4.78 is 5.19. The Hall–Kier alpha value is -2.23. The lowest BCUT2D eigenvalue weighted by Gasteiger charge is -1.91. The number of aryl methyl sites for hydroxylation is 1. The van der Waals surface area contributed by atoms with Crippen molar-refractivity contribution < 1.29 is 4.52 Å². The number of rotatable bonds is 3. The van der Waals surface area contributed by atoms with Gasteiger partial charge in [0.15, 0.2) is 0 Å². The monoisotopic (exact) mass is 299 g/mol. The minimum atomic E-state index is 0.253. The molecule has 3 rings (SSSR count). The van der Waals surface area contributed by atoms with Gasteiger partial charge in [0, 0.05) is 4.88 Å². The molecule has 0 unspecified atom stereocenters. The van der Waals surface area contributed by atoms with Crippen LogP contribution in [0.2, 0.25) is 0 Å². The number of hydrogen-bond donors (Lipinski definition) is 0. The highest BCUT2D eigenvalue weighted by molar-refractivity contribution is 7.13. The molecule has 20 heavy (non-hydrogen) atoms. The van der Waals surface area contributed by atoms with Gasteiger partial charge >= 0.3 is 0 Å². The Bertz CT molecular complexity index is 791. The zero-order chi connectivity index (χ0) is 13.9. The molecule has 3 aromatic heterocycles. The number of nitriles is 1. The van der Waals surface area contributed by atoms with Crippen LogP contribution in [0.25, 0.3) is 22.4 Å². The molecule has 98 valence electrons. The third-order valence-electron chi connectivity index (χ3n) is 2.70. The molecule has 0 amide bonds. The van der Waals surface area contributed by atoms with Gasteiger partial charge in [-0.15, -0.1) is 22.7 Å². The van der Waals surface area contributed by atoms with E-state index in [1.165, 1.54) is 11.3 Å². The van der Waals surface area contributed by atoms with E-state index in [1.54, 1.807) is 17.4 Å². The van der Waals surface area contributed by atoms with E-state index in [0.29, 0.717) is 11.4 Å². The van der Waals surface area contributed by atoms with Gasteiger partial charge in [0.1, 0.15) is 11.6 Å². The first kappa shape index (κ1) is 12.8. The summed E-state index contributed by atoms with van der Waals surface area (Å²) in [5, 5.41) is 17.1. The second-order valence-corrected chi connectivity index (χ2v) is 5.93. The van der Waals surface area contributed by atoms with E-state index in [0.717, 1.165) is 15.3 Å². The van der Waals surface area contributed by atoms with E-state index in [-0.39, 0.29) is 5.89 Å². The average Bonchev–Trinajstić information content (AvgIpc) is 3.17. The Morgan fingerprint density at radius 3 is 2.90 bits per heavy atom. The van der Waals surface area contributed by atoms with E-state index in [1.807, 2.05) is 35.9 Å². The van der Waals surface area contributed by atoms with Crippen molar-refractivity contribution in [2.45, 2.75) is 6.92 Å². The topological polar surface area (TPSA) is 62.7 Å². The predicted molar refractivity (Wildman–Crippen MR) is 80.2 cm³/mol. The van der Waals surface area contributed by atoms with Crippen LogP contribution in [0, 0.1) is 18.3 Å². The molecule has 0 aromatic carbocycles. The first-order valence-corrected chi connectivity index (χ1v) is 7.57. The number of aromatic nitrogens is 2. The molecule has 6 heteroatoms. The summed E-state index contributed by atoms with van der Waals surface area (Å²) >= 11 is 3.11. The molecule has 4 nitrogen and oxygen atoms in total. The Labute approximate surface area is 123 Å². The van der Waals surface area contributed by atoms with Crippen molar-refractivity contribution in [3.8, 4) is 16.8 Å². The zero-order valence-corrected chi connectivity index (χ0v) is 12.2. The van der Waals surface area contributed by atoms with Crippen LogP contribution in [-0.4, -0.2) is 10.1 Å². The zero-order valence-electron chi connectivity index (χ0n) is 10.5. The summed E-state index contributed by atoms with van der Waals surface area (Å²) in [6, 6.07) is 7.97. The Morgan fingerprint density at radius 1 is 1.35 bits per heavy atom. The minimum absolute atomic E-state index is 0.253. The lowest BCUT2D eigenvalue weighted by Crippen LogP contribution is -1.82. The van der Waals surface area contributed by atoms with E-state index >= 15 is 0 Å². The van der Waals surface area contributed by atoms with Crippen LogP contribution in [-0.2, 0) is 0 Å². The predicted octanol–water partition coefficient (Wildman–Crippen LogP) is 4.23. The van der Waals surface area contributed by atoms with Crippen molar-refractivity contribution in [3.63, 3.8) is 0 Å². The Morgan fingerprint density at radius 2 is 2.25 bits per heavy atom. The van der Waals surface area contributed by atoms with E-state index in [2.05, 4.69) is 16.2 Å². The number of nitrogens with zero attached hydrogens (tertiary/aromatic N) is 3. The smallest absolute Gasteiger partial charge is 0.268 e. The molecule has 0 aliphatic heterocycles. The van der Waals surface area contributed by atoms with Gasteiger partial charge in [-0.3, -0.25) is 0 Å². The second-order valence-electron chi connectivity index (χ2n) is 4.04. The fraction of sp³-hybridized carbons (Fsp3) is 0.0714.